The second kappa shape index (κ2) is 4.80. The maximum Gasteiger partial charge on any atom is 0.224 e. The lowest BCUT2D eigenvalue weighted by Crippen LogP contribution is -2.13. The predicted octanol–water partition coefficient (Wildman–Crippen LogP) is 2.98. The van der Waals surface area contributed by atoms with Gasteiger partial charge in [0.15, 0.2) is 0 Å². The third-order valence-corrected chi connectivity index (χ3v) is 1.93. The van der Waals surface area contributed by atoms with Crippen molar-refractivity contribution < 1.29 is 4.79 Å². The predicted molar refractivity (Wildman–Crippen MR) is 59.3 cm³/mol. The first-order valence-electron chi connectivity index (χ1n) is 4.94. The van der Waals surface area contributed by atoms with E-state index < -0.39 is 0 Å². The van der Waals surface area contributed by atoms with E-state index in [1.54, 1.807) is 0 Å². The second-order valence-electron chi connectivity index (χ2n) is 4.01. The van der Waals surface area contributed by atoms with E-state index in [-0.39, 0.29) is 5.91 Å². The van der Waals surface area contributed by atoms with Gasteiger partial charge in [0.2, 0.25) is 5.91 Å². The van der Waals surface area contributed by atoms with Gasteiger partial charge < -0.3 is 5.32 Å². The molecule has 0 atom stereocenters. The molecule has 0 heterocycles. The molecule has 0 unspecified atom stereocenters. The average molecular weight is 191 g/mol. The van der Waals surface area contributed by atoms with Crippen molar-refractivity contribution in [1.29, 1.82) is 0 Å². The highest BCUT2D eigenvalue weighted by atomic mass is 16.1. The van der Waals surface area contributed by atoms with Gasteiger partial charge in [0.25, 0.3) is 0 Å². The van der Waals surface area contributed by atoms with Crippen LogP contribution >= 0.6 is 0 Å². The van der Waals surface area contributed by atoms with Crippen LogP contribution in [0, 0.1) is 12.8 Å². The fraction of sp³-hybridized carbons (Fsp3) is 0.417. The highest BCUT2D eigenvalue weighted by Crippen LogP contribution is 2.10. The number of carbonyl (C=O) groups is 1. The highest BCUT2D eigenvalue weighted by Gasteiger charge is 2.04. The van der Waals surface area contributed by atoms with E-state index in [1.807, 2.05) is 45.0 Å². The quantitative estimate of drug-likeness (QED) is 0.781. The molecular formula is C12H17NO. The van der Waals surface area contributed by atoms with Crippen LogP contribution in [0.15, 0.2) is 24.3 Å². The Bertz CT molecular complexity index is 301. The van der Waals surface area contributed by atoms with Crippen molar-refractivity contribution in [3.05, 3.63) is 29.8 Å². The molecule has 0 aromatic heterocycles. The van der Waals surface area contributed by atoms with Crippen LogP contribution in [-0.4, -0.2) is 5.91 Å². The summed E-state index contributed by atoms with van der Waals surface area (Å²) in [6, 6.07) is 7.83. The Morgan fingerprint density at radius 3 is 2.36 bits per heavy atom. The van der Waals surface area contributed by atoms with E-state index in [0.29, 0.717) is 12.3 Å². The molecular weight excluding hydrogens is 174 g/mol. The van der Waals surface area contributed by atoms with E-state index in [9.17, 15) is 4.79 Å². The molecule has 14 heavy (non-hydrogen) atoms. The van der Waals surface area contributed by atoms with Gasteiger partial charge in [-0.3, -0.25) is 4.79 Å². The Kier molecular flexibility index (Phi) is 3.69. The number of benzene rings is 1. The van der Waals surface area contributed by atoms with Gasteiger partial charge in [-0.1, -0.05) is 31.5 Å². The first-order chi connectivity index (χ1) is 6.58. The SMILES string of the molecule is Cc1ccc(NC(=O)CC(C)C)cc1. The summed E-state index contributed by atoms with van der Waals surface area (Å²) in [5, 5.41) is 2.86. The standard InChI is InChI=1S/C12H17NO/c1-9(2)8-12(14)13-11-6-4-10(3)5-7-11/h4-7,9H,8H2,1-3H3,(H,13,14). The topological polar surface area (TPSA) is 29.1 Å². The maximum atomic E-state index is 11.4. The molecule has 1 aromatic rings. The second-order valence-corrected chi connectivity index (χ2v) is 4.01. The van der Waals surface area contributed by atoms with Crippen molar-refractivity contribution in [2.24, 2.45) is 5.92 Å². The molecule has 2 nitrogen and oxygen atoms in total. The van der Waals surface area contributed by atoms with E-state index in [0.717, 1.165) is 5.69 Å². The first-order valence-corrected chi connectivity index (χ1v) is 4.94. The Balaban J connectivity index is 2.52. The minimum absolute atomic E-state index is 0.0869. The molecule has 0 bridgehead atoms. The van der Waals surface area contributed by atoms with E-state index in [2.05, 4.69) is 5.32 Å². The number of nitrogens with one attached hydrogen (secondary N) is 1. The minimum atomic E-state index is 0.0869. The zero-order valence-electron chi connectivity index (χ0n) is 9.00. The smallest absolute Gasteiger partial charge is 0.224 e. The normalized spacial score (nSPS) is 10.3. The van der Waals surface area contributed by atoms with Crippen LogP contribution in [0.1, 0.15) is 25.8 Å². The molecule has 0 aliphatic carbocycles. The fourth-order valence-electron chi connectivity index (χ4n) is 1.22. The van der Waals surface area contributed by atoms with Crippen LogP contribution in [0.2, 0.25) is 0 Å². The van der Waals surface area contributed by atoms with Gasteiger partial charge in [0, 0.05) is 12.1 Å². The number of aryl methyl sites for hydroxylation is 1. The number of amides is 1. The van der Waals surface area contributed by atoms with Gasteiger partial charge in [-0.05, 0) is 25.0 Å². The molecule has 76 valence electrons. The third kappa shape index (κ3) is 3.60. The number of hydrogen-bond donors (Lipinski definition) is 1. The Hall–Kier alpha value is -1.31. The van der Waals surface area contributed by atoms with Gasteiger partial charge in [0.1, 0.15) is 0 Å². The minimum Gasteiger partial charge on any atom is -0.326 e. The molecule has 1 amide bonds. The number of rotatable bonds is 3. The van der Waals surface area contributed by atoms with Crippen molar-refractivity contribution in [2.75, 3.05) is 5.32 Å². The van der Waals surface area contributed by atoms with Crippen molar-refractivity contribution in [3.63, 3.8) is 0 Å². The number of hydrogen-bond acceptors (Lipinski definition) is 1. The number of carbonyl (C=O) groups excluding carboxylic acids is 1. The average Bonchev–Trinajstić information content (AvgIpc) is 2.07. The fourth-order valence-corrected chi connectivity index (χ4v) is 1.22. The zero-order valence-corrected chi connectivity index (χ0v) is 9.00. The summed E-state index contributed by atoms with van der Waals surface area (Å²) in [5.74, 6) is 0.490. The molecule has 0 aliphatic heterocycles. The van der Waals surface area contributed by atoms with Crippen LogP contribution in [0.4, 0.5) is 5.69 Å². The summed E-state index contributed by atoms with van der Waals surface area (Å²) < 4.78 is 0. The Morgan fingerprint density at radius 2 is 1.86 bits per heavy atom. The molecule has 1 rings (SSSR count). The molecule has 1 N–H and O–H groups in total. The lowest BCUT2D eigenvalue weighted by molar-refractivity contribution is -0.116. The molecule has 1 aromatic carbocycles. The Labute approximate surface area is 85.3 Å². The van der Waals surface area contributed by atoms with Crippen molar-refractivity contribution in [1.82, 2.24) is 0 Å². The third-order valence-electron chi connectivity index (χ3n) is 1.93. The summed E-state index contributed by atoms with van der Waals surface area (Å²) in [6.45, 7) is 6.10. The zero-order chi connectivity index (χ0) is 10.6. The van der Waals surface area contributed by atoms with E-state index in [1.165, 1.54) is 5.56 Å². The van der Waals surface area contributed by atoms with Crippen molar-refractivity contribution in [2.45, 2.75) is 27.2 Å². The molecule has 0 saturated heterocycles. The number of anilines is 1. The summed E-state index contributed by atoms with van der Waals surface area (Å²) >= 11 is 0. The van der Waals surface area contributed by atoms with Crippen LogP contribution in [0.25, 0.3) is 0 Å². The van der Waals surface area contributed by atoms with Gasteiger partial charge in [-0.2, -0.15) is 0 Å². The molecule has 0 spiro atoms. The van der Waals surface area contributed by atoms with E-state index >= 15 is 0 Å². The largest absolute Gasteiger partial charge is 0.326 e. The molecule has 0 fully saturated rings. The van der Waals surface area contributed by atoms with E-state index in [4.69, 9.17) is 0 Å². The lowest BCUT2D eigenvalue weighted by Gasteiger charge is -2.06. The van der Waals surface area contributed by atoms with Crippen LogP contribution in [-0.2, 0) is 4.79 Å². The molecule has 0 saturated carbocycles. The molecule has 0 aliphatic rings. The summed E-state index contributed by atoms with van der Waals surface area (Å²) in [4.78, 5) is 11.4. The van der Waals surface area contributed by atoms with Crippen LogP contribution < -0.4 is 5.32 Å². The lowest BCUT2D eigenvalue weighted by atomic mass is 10.1. The monoisotopic (exact) mass is 191 g/mol. The highest BCUT2D eigenvalue weighted by molar-refractivity contribution is 5.90. The summed E-state index contributed by atoms with van der Waals surface area (Å²) in [7, 11) is 0. The van der Waals surface area contributed by atoms with Crippen molar-refractivity contribution in [3.8, 4) is 0 Å². The Morgan fingerprint density at radius 1 is 1.29 bits per heavy atom. The summed E-state index contributed by atoms with van der Waals surface area (Å²) in [5.41, 5.74) is 2.08. The maximum absolute atomic E-state index is 11.4. The van der Waals surface area contributed by atoms with Crippen molar-refractivity contribution >= 4 is 11.6 Å². The summed E-state index contributed by atoms with van der Waals surface area (Å²) in [6.07, 6.45) is 0.577. The first kappa shape index (κ1) is 10.8. The van der Waals surface area contributed by atoms with Gasteiger partial charge >= 0.3 is 0 Å². The molecule has 2 heteroatoms. The van der Waals surface area contributed by atoms with Gasteiger partial charge in [0.05, 0.1) is 0 Å². The van der Waals surface area contributed by atoms with Crippen LogP contribution in [0.3, 0.4) is 0 Å². The molecule has 0 radical (unpaired) electrons. The van der Waals surface area contributed by atoms with Gasteiger partial charge in [-0.25, -0.2) is 0 Å². The van der Waals surface area contributed by atoms with Gasteiger partial charge in [-0.15, -0.1) is 0 Å². The van der Waals surface area contributed by atoms with Crippen LogP contribution in [0.5, 0.6) is 0 Å².